The minimum atomic E-state index is -3.42. The highest BCUT2D eigenvalue weighted by molar-refractivity contribution is 7.89. The van der Waals surface area contributed by atoms with Crippen LogP contribution in [-0.4, -0.2) is 39.0 Å². The summed E-state index contributed by atoms with van der Waals surface area (Å²) in [7, 11) is -3.42. The van der Waals surface area contributed by atoms with Crippen molar-refractivity contribution in [2.75, 3.05) is 26.2 Å². The summed E-state index contributed by atoms with van der Waals surface area (Å²) in [5, 5.41) is 0. The highest BCUT2D eigenvalue weighted by Crippen LogP contribution is 2.26. The van der Waals surface area contributed by atoms with E-state index in [1.807, 2.05) is 0 Å². The molecule has 0 spiro atoms. The monoisotopic (exact) mass is 376 g/mol. The summed E-state index contributed by atoms with van der Waals surface area (Å²) in [4.78, 5) is 0.336. The molecule has 1 fully saturated rings. The predicted octanol–water partition coefficient (Wildman–Crippen LogP) is 2.89. The number of halogens is 1. The summed E-state index contributed by atoms with van der Waals surface area (Å²) in [6.07, 6.45) is 2.85. The van der Waals surface area contributed by atoms with E-state index < -0.39 is 10.0 Å². The van der Waals surface area contributed by atoms with Crippen LogP contribution in [0.1, 0.15) is 33.1 Å². The van der Waals surface area contributed by atoms with Crippen molar-refractivity contribution in [3.05, 3.63) is 24.3 Å². The van der Waals surface area contributed by atoms with E-state index in [0.717, 1.165) is 19.3 Å². The molecule has 0 aromatic heterocycles. The van der Waals surface area contributed by atoms with Crippen LogP contribution < -0.4 is 10.5 Å². The summed E-state index contributed by atoms with van der Waals surface area (Å²) in [6.45, 7) is 6.56. The highest BCUT2D eigenvalue weighted by Gasteiger charge is 2.29. The molecule has 2 rings (SSSR count). The van der Waals surface area contributed by atoms with Crippen LogP contribution in [0, 0.1) is 11.8 Å². The van der Waals surface area contributed by atoms with E-state index >= 15 is 0 Å². The lowest BCUT2D eigenvalue weighted by Gasteiger charge is -2.31. The van der Waals surface area contributed by atoms with Gasteiger partial charge in [0.2, 0.25) is 10.0 Å². The van der Waals surface area contributed by atoms with Gasteiger partial charge in [-0.1, -0.05) is 13.8 Å². The third-order valence-electron chi connectivity index (χ3n) is 4.10. The Labute approximate surface area is 152 Å². The normalized spacial score (nSPS) is 19.1. The SMILES string of the molecule is CC(C)COc1ccc(S(=O)(=O)N2CCCC(CCN)C2)cc1.Cl. The molecule has 2 N–H and O–H groups in total. The molecular formula is C17H29ClN2O3S. The number of benzene rings is 1. The number of hydrogen-bond acceptors (Lipinski definition) is 4. The quantitative estimate of drug-likeness (QED) is 0.794. The third kappa shape index (κ3) is 5.62. The second-order valence-corrected chi connectivity index (χ2v) is 8.56. The lowest BCUT2D eigenvalue weighted by atomic mass is 9.96. The molecule has 1 saturated heterocycles. The Kier molecular flexibility index (Phi) is 8.50. The maximum absolute atomic E-state index is 12.8. The Morgan fingerprint density at radius 3 is 2.54 bits per heavy atom. The largest absolute Gasteiger partial charge is 0.493 e. The standard InChI is InChI=1S/C17H28N2O3S.ClH/c1-14(2)13-22-16-5-7-17(8-6-16)23(20,21)19-11-3-4-15(12-19)9-10-18;/h5-8,14-15H,3-4,9-13,18H2,1-2H3;1H. The van der Waals surface area contributed by atoms with E-state index in [2.05, 4.69) is 13.8 Å². The fourth-order valence-electron chi connectivity index (χ4n) is 2.84. The van der Waals surface area contributed by atoms with Gasteiger partial charge in [-0.3, -0.25) is 0 Å². The molecule has 1 aliphatic rings. The fourth-order valence-corrected chi connectivity index (χ4v) is 4.39. The average molecular weight is 377 g/mol. The minimum Gasteiger partial charge on any atom is -0.493 e. The summed E-state index contributed by atoms with van der Waals surface area (Å²) >= 11 is 0. The molecule has 138 valence electrons. The van der Waals surface area contributed by atoms with E-state index in [-0.39, 0.29) is 12.4 Å². The van der Waals surface area contributed by atoms with Crippen LogP contribution in [0.15, 0.2) is 29.2 Å². The van der Waals surface area contributed by atoms with Gasteiger partial charge >= 0.3 is 0 Å². The summed E-state index contributed by atoms with van der Waals surface area (Å²) in [5.41, 5.74) is 5.61. The minimum absolute atomic E-state index is 0. The number of sulfonamides is 1. The van der Waals surface area contributed by atoms with Crippen molar-refractivity contribution >= 4 is 22.4 Å². The second kappa shape index (κ2) is 9.61. The first kappa shape index (κ1) is 21.2. The zero-order valence-corrected chi connectivity index (χ0v) is 16.1. The van der Waals surface area contributed by atoms with E-state index in [1.165, 1.54) is 0 Å². The van der Waals surface area contributed by atoms with E-state index in [0.29, 0.717) is 48.7 Å². The topological polar surface area (TPSA) is 72.6 Å². The van der Waals surface area contributed by atoms with Crippen molar-refractivity contribution in [3.63, 3.8) is 0 Å². The molecule has 5 nitrogen and oxygen atoms in total. The summed E-state index contributed by atoms with van der Waals surface area (Å²) in [5.74, 6) is 1.51. The number of nitrogens with two attached hydrogens (primary N) is 1. The zero-order valence-electron chi connectivity index (χ0n) is 14.5. The number of rotatable bonds is 7. The van der Waals surface area contributed by atoms with Crippen molar-refractivity contribution in [1.29, 1.82) is 0 Å². The molecule has 1 aromatic rings. The van der Waals surface area contributed by atoms with Gasteiger partial charge in [-0.2, -0.15) is 4.31 Å². The second-order valence-electron chi connectivity index (χ2n) is 6.62. The Morgan fingerprint density at radius 2 is 1.96 bits per heavy atom. The van der Waals surface area contributed by atoms with Crippen molar-refractivity contribution < 1.29 is 13.2 Å². The van der Waals surface area contributed by atoms with Gasteiger partial charge in [0.15, 0.2) is 0 Å². The lowest BCUT2D eigenvalue weighted by Crippen LogP contribution is -2.40. The molecule has 0 radical (unpaired) electrons. The highest BCUT2D eigenvalue weighted by atomic mass is 35.5. The predicted molar refractivity (Wildman–Crippen MR) is 99.2 cm³/mol. The summed E-state index contributed by atoms with van der Waals surface area (Å²) < 4.78 is 32.7. The van der Waals surface area contributed by atoms with Crippen molar-refractivity contribution in [3.8, 4) is 5.75 Å². The molecule has 1 aliphatic heterocycles. The number of piperidine rings is 1. The molecule has 1 unspecified atom stereocenters. The third-order valence-corrected chi connectivity index (χ3v) is 5.98. The van der Waals surface area contributed by atoms with E-state index in [9.17, 15) is 8.42 Å². The molecule has 0 amide bonds. The van der Waals surface area contributed by atoms with Gasteiger partial charge in [-0.05, 0) is 61.9 Å². The van der Waals surface area contributed by atoms with Crippen molar-refractivity contribution in [2.45, 2.75) is 38.0 Å². The van der Waals surface area contributed by atoms with E-state index in [4.69, 9.17) is 10.5 Å². The van der Waals surface area contributed by atoms with Crippen LogP contribution in [0.2, 0.25) is 0 Å². The van der Waals surface area contributed by atoms with Crippen LogP contribution in [-0.2, 0) is 10.0 Å². The van der Waals surface area contributed by atoms with E-state index in [1.54, 1.807) is 28.6 Å². The number of hydrogen-bond donors (Lipinski definition) is 1. The zero-order chi connectivity index (χ0) is 16.9. The molecule has 0 aliphatic carbocycles. The number of ether oxygens (including phenoxy) is 1. The molecular weight excluding hydrogens is 348 g/mol. The Bertz CT molecular complexity index is 588. The van der Waals surface area contributed by atoms with Gasteiger partial charge in [0.05, 0.1) is 11.5 Å². The molecule has 0 saturated carbocycles. The first-order valence-electron chi connectivity index (χ1n) is 8.36. The first-order chi connectivity index (χ1) is 10.9. The molecule has 0 bridgehead atoms. The van der Waals surface area contributed by atoms with Crippen molar-refractivity contribution in [1.82, 2.24) is 4.31 Å². The lowest BCUT2D eigenvalue weighted by molar-refractivity contribution is 0.258. The molecule has 1 atom stereocenters. The molecule has 7 heteroatoms. The molecule has 1 heterocycles. The van der Waals surface area contributed by atoms with Crippen LogP contribution in [0.25, 0.3) is 0 Å². The van der Waals surface area contributed by atoms with Gasteiger partial charge in [0.1, 0.15) is 5.75 Å². The smallest absolute Gasteiger partial charge is 0.243 e. The van der Waals surface area contributed by atoms with Gasteiger partial charge in [-0.15, -0.1) is 12.4 Å². The van der Waals surface area contributed by atoms with Crippen LogP contribution >= 0.6 is 12.4 Å². The molecule has 24 heavy (non-hydrogen) atoms. The Morgan fingerprint density at radius 1 is 1.29 bits per heavy atom. The number of nitrogens with zero attached hydrogens (tertiary/aromatic N) is 1. The first-order valence-corrected chi connectivity index (χ1v) is 9.80. The summed E-state index contributed by atoms with van der Waals surface area (Å²) in [6, 6.07) is 6.74. The Hall–Kier alpha value is -0.820. The Balaban J connectivity index is 0.00000288. The maximum atomic E-state index is 12.8. The van der Waals surface area contributed by atoms with Crippen LogP contribution in [0.4, 0.5) is 0 Å². The van der Waals surface area contributed by atoms with Gasteiger partial charge < -0.3 is 10.5 Å². The maximum Gasteiger partial charge on any atom is 0.243 e. The van der Waals surface area contributed by atoms with Gasteiger partial charge in [0.25, 0.3) is 0 Å². The van der Waals surface area contributed by atoms with Crippen LogP contribution in [0.3, 0.4) is 0 Å². The molecule has 1 aromatic carbocycles. The van der Waals surface area contributed by atoms with Gasteiger partial charge in [-0.25, -0.2) is 8.42 Å². The van der Waals surface area contributed by atoms with Crippen molar-refractivity contribution in [2.24, 2.45) is 17.6 Å². The van der Waals surface area contributed by atoms with Crippen LogP contribution in [0.5, 0.6) is 5.75 Å². The average Bonchev–Trinajstić information content (AvgIpc) is 2.54. The van der Waals surface area contributed by atoms with Gasteiger partial charge in [0, 0.05) is 13.1 Å². The fraction of sp³-hybridized carbons (Fsp3) is 0.647.